The molecule has 2 unspecified atom stereocenters. The summed E-state index contributed by atoms with van der Waals surface area (Å²) in [5, 5.41) is -0.0405. The van der Waals surface area contributed by atoms with E-state index in [9.17, 15) is 4.57 Å². The van der Waals surface area contributed by atoms with Crippen LogP contribution in [-0.4, -0.2) is 19.4 Å². The van der Waals surface area contributed by atoms with Crippen molar-refractivity contribution in [1.82, 2.24) is 0 Å². The van der Waals surface area contributed by atoms with Gasteiger partial charge in [0.1, 0.15) is 0 Å². The summed E-state index contributed by atoms with van der Waals surface area (Å²) in [6.45, 7) is 0. The summed E-state index contributed by atoms with van der Waals surface area (Å²) in [7, 11) is 0.255. The number of hydrogen-bond donors (Lipinski definition) is 0. The van der Waals surface area contributed by atoms with Gasteiger partial charge in [0.15, 0.2) is 0 Å². The van der Waals surface area contributed by atoms with Crippen molar-refractivity contribution >= 4 is 7.60 Å². The third-order valence-corrected chi connectivity index (χ3v) is 7.27. The molecule has 0 N–H and O–H groups in total. The van der Waals surface area contributed by atoms with Crippen LogP contribution in [0, 0.1) is 17.8 Å². The topological polar surface area (TPSA) is 35.5 Å². The maximum atomic E-state index is 12.3. The maximum absolute atomic E-state index is 12.3. The molecule has 0 aliphatic heterocycles. The second-order valence-electron chi connectivity index (χ2n) is 4.61. The second kappa shape index (κ2) is 2.21. The van der Waals surface area contributed by atoms with Crippen LogP contribution in [0.3, 0.4) is 0 Å². The molecule has 4 bridgehead atoms. The van der Waals surface area contributed by atoms with Crippen molar-refractivity contribution in [1.29, 1.82) is 0 Å². The molecular formula is C9H15O3P. The van der Waals surface area contributed by atoms with E-state index in [2.05, 4.69) is 0 Å². The molecule has 2 atom stereocenters. The minimum absolute atomic E-state index is 0.0405. The molecule has 4 saturated carbocycles. The lowest BCUT2D eigenvalue weighted by atomic mass is 10.1. The van der Waals surface area contributed by atoms with Gasteiger partial charge in [-0.2, -0.15) is 0 Å². The Hall–Kier alpha value is 0.150. The van der Waals surface area contributed by atoms with Crippen molar-refractivity contribution < 1.29 is 13.6 Å². The van der Waals surface area contributed by atoms with Crippen LogP contribution in [0.4, 0.5) is 0 Å². The standard InChI is InChI=1S/C9H15O3P/c1-11-13(10,12-2)9-5-6-3-7(9)8(9)4-6/h6-8H,3-5H2,1-2H3. The quantitative estimate of drug-likeness (QED) is 0.658. The second-order valence-corrected chi connectivity index (χ2v) is 7.17. The Morgan fingerprint density at radius 1 is 1.23 bits per heavy atom. The minimum atomic E-state index is -2.78. The Bertz CT molecular complexity index is 281. The van der Waals surface area contributed by atoms with Crippen LogP contribution in [0.5, 0.6) is 0 Å². The highest BCUT2D eigenvalue weighted by molar-refractivity contribution is 7.56. The van der Waals surface area contributed by atoms with Crippen molar-refractivity contribution in [2.75, 3.05) is 14.2 Å². The van der Waals surface area contributed by atoms with Gasteiger partial charge in [0.2, 0.25) is 0 Å². The molecule has 4 aliphatic carbocycles. The van der Waals surface area contributed by atoms with Crippen LogP contribution in [-0.2, 0) is 13.6 Å². The van der Waals surface area contributed by atoms with Gasteiger partial charge in [-0.15, -0.1) is 0 Å². The zero-order valence-electron chi connectivity index (χ0n) is 8.03. The van der Waals surface area contributed by atoms with E-state index in [-0.39, 0.29) is 5.16 Å². The molecule has 0 aromatic rings. The molecule has 74 valence electrons. The molecule has 4 heteroatoms. The Morgan fingerprint density at radius 2 is 1.77 bits per heavy atom. The van der Waals surface area contributed by atoms with Crippen LogP contribution < -0.4 is 0 Å². The zero-order chi connectivity index (χ0) is 9.27. The van der Waals surface area contributed by atoms with E-state index >= 15 is 0 Å². The van der Waals surface area contributed by atoms with E-state index in [0.717, 1.165) is 12.3 Å². The molecule has 4 aliphatic rings. The van der Waals surface area contributed by atoms with Gasteiger partial charge >= 0.3 is 7.60 Å². The van der Waals surface area contributed by atoms with Crippen LogP contribution in [0.25, 0.3) is 0 Å². The first-order valence-electron chi connectivity index (χ1n) is 4.89. The van der Waals surface area contributed by atoms with Gasteiger partial charge in [0, 0.05) is 14.2 Å². The van der Waals surface area contributed by atoms with E-state index in [0.29, 0.717) is 11.8 Å². The minimum Gasteiger partial charge on any atom is -0.312 e. The van der Waals surface area contributed by atoms with Crippen LogP contribution in [0.15, 0.2) is 0 Å². The highest BCUT2D eigenvalue weighted by atomic mass is 31.2. The molecule has 0 heterocycles. The van der Waals surface area contributed by atoms with Crippen molar-refractivity contribution in [2.45, 2.75) is 24.4 Å². The highest BCUT2D eigenvalue weighted by Crippen LogP contribution is 2.88. The van der Waals surface area contributed by atoms with Crippen molar-refractivity contribution in [2.24, 2.45) is 17.8 Å². The van der Waals surface area contributed by atoms with Crippen LogP contribution in [0.2, 0.25) is 0 Å². The summed E-state index contributed by atoms with van der Waals surface area (Å²) in [5.41, 5.74) is 0. The fourth-order valence-corrected chi connectivity index (χ4v) is 6.62. The van der Waals surface area contributed by atoms with E-state index in [1.54, 1.807) is 0 Å². The summed E-state index contributed by atoms with van der Waals surface area (Å²) < 4.78 is 22.6. The molecule has 0 amide bonds. The molecule has 0 spiro atoms. The molecule has 0 aromatic carbocycles. The van der Waals surface area contributed by atoms with Crippen molar-refractivity contribution in [3.05, 3.63) is 0 Å². The third kappa shape index (κ3) is 0.705. The third-order valence-electron chi connectivity index (χ3n) is 4.44. The van der Waals surface area contributed by atoms with E-state index < -0.39 is 7.60 Å². The first kappa shape index (κ1) is 8.46. The average Bonchev–Trinajstić information content (AvgIpc) is 2.65. The van der Waals surface area contributed by atoms with Gasteiger partial charge in [0.05, 0.1) is 5.16 Å². The number of hydrogen-bond acceptors (Lipinski definition) is 3. The zero-order valence-corrected chi connectivity index (χ0v) is 8.92. The first-order chi connectivity index (χ1) is 6.18. The summed E-state index contributed by atoms with van der Waals surface area (Å²) in [6, 6.07) is 0. The Balaban J connectivity index is 1.99. The fraction of sp³-hybridized carbons (Fsp3) is 1.00. The Kier molecular flexibility index (Phi) is 1.44. The monoisotopic (exact) mass is 202 g/mol. The normalized spacial score (nSPS) is 51.4. The van der Waals surface area contributed by atoms with Gasteiger partial charge < -0.3 is 9.05 Å². The van der Waals surface area contributed by atoms with Crippen molar-refractivity contribution in [3.8, 4) is 0 Å². The van der Waals surface area contributed by atoms with Gasteiger partial charge in [-0.05, 0) is 37.0 Å². The molecular weight excluding hydrogens is 187 g/mol. The summed E-state index contributed by atoms with van der Waals surface area (Å²) >= 11 is 0. The van der Waals surface area contributed by atoms with Gasteiger partial charge in [-0.1, -0.05) is 0 Å². The summed E-state index contributed by atoms with van der Waals surface area (Å²) in [4.78, 5) is 0. The maximum Gasteiger partial charge on any atom is 0.336 e. The van der Waals surface area contributed by atoms with E-state index in [4.69, 9.17) is 9.05 Å². The first-order valence-corrected chi connectivity index (χ1v) is 6.44. The largest absolute Gasteiger partial charge is 0.336 e. The lowest BCUT2D eigenvalue weighted by Crippen LogP contribution is -2.12. The summed E-state index contributed by atoms with van der Waals surface area (Å²) in [6.07, 6.45) is 3.62. The molecule has 4 fully saturated rings. The lowest BCUT2D eigenvalue weighted by Gasteiger charge is -2.21. The molecule has 13 heavy (non-hydrogen) atoms. The lowest BCUT2D eigenvalue weighted by molar-refractivity contribution is 0.260. The van der Waals surface area contributed by atoms with Crippen LogP contribution >= 0.6 is 7.60 Å². The highest BCUT2D eigenvalue weighted by Gasteiger charge is 2.82. The van der Waals surface area contributed by atoms with E-state index in [1.807, 2.05) is 0 Å². The van der Waals surface area contributed by atoms with Gasteiger partial charge in [-0.3, -0.25) is 4.57 Å². The Labute approximate surface area is 78.3 Å². The summed E-state index contributed by atoms with van der Waals surface area (Å²) in [5.74, 6) is 2.13. The SMILES string of the molecule is COP(=O)(OC)C12CC3CC1C2C3. The average molecular weight is 202 g/mol. The predicted octanol–water partition coefficient (Wildman–Crippen LogP) is 2.27. The van der Waals surface area contributed by atoms with E-state index in [1.165, 1.54) is 27.1 Å². The molecule has 4 rings (SSSR count). The van der Waals surface area contributed by atoms with Crippen molar-refractivity contribution in [3.63, 3.8) is 0 Å². The predicted molar refractivity (Wildman–Crippen MR) is 48.7 cm³/mol. The molecule has 0 saturated heterocycles. The molecule has 0 aromatic heterocycles. The van der Waals surface area contributed by atoms with Gasteiger partial charge in [-0.25, -0.2) is 0 Å². The fourth-order valence-electron chi connectivity index (χ4n) is 4.00. The van der Waals surface area contributed by atoms with Gasteiger partial charge in [0.25, 0.3) is 0 Å². The number of rotatable bonds is 3. The smallest absolute Gasteiger partial charge is 0.312 e. The molecule has 3 nitrogen and oxygen atoms in total. The Morgan fingerprint density at radius 3 is 2.08 bits per heavy atom. The molecule has 0 radical (unpaired) electrons. The van der Waals surface area contributed by atoms with Crippen LogP contribution in [0.1, 0.15) is 19.3 Å².